The highest BCUT2D eigenvalue weighted by Crippen LogP contribution is 2.39. The summed E-state index contributed by atoms with van der Waals surface area (Å²) in [6.45, 7) is 17.9. The summed E-state index contributed by atoms with van der Waals surface area (Å²) in [6.07, 6.45) is 8.28. The fraction of sp³-hybridized carbons (Fsp3) is 0.319. The number of para-hydroxylation sites is 1. The van der Waals surface area contributed by atoms with Crippen LogP contribution in [-0.4, -0.2) is 19.3 Å². The van der Waals surface area contributed by atoms with Gasteiger partial charge in [-0.15, -0.1) is 0 Å². The Morgan fingerprint density at radius 3 is 2.13 bits per heavy atom. The summed E-state index contributed by atoms with van der Waals surface area (Å²) in [4.78, 5) is 4.78. The number of ether oxygens (including phenoxy) is 1. The summed E-state index contributed by atoms with van der Waals surface area (Å²) in [5.74, 6) is 2.82. The predicted octanol–water partition coefficient (Wildman–Crippen LogP) is 12.9. The second-order valence-corrected chi connectivity index (χ2v) is 14.9. The third kappa shape index (κ3) is 6.77. The zero-order valence-corrected chi connectivity index (χ0v) is 32.2. The van der Waals surface area contributed by atoms with Crippen molar-refractivity contribution < 1.29 is 4.74 Å². The molecule has 0 bridgehead atoms. The maximum absolute atomic E-state index is 6.83. The second-order valence-electron chi connectivity index (χ2n) is 14.9. The number of aryl methyl sites for hydroxylation is 5. The first-order valence-electron chi connectivity index (χ1n) is 19.1. The number of nitrogens with zero attached hydrogens (tertiary/aromatic N) is 4. The molecule has 5 heteroatoms. The van der Waals surface area contributed by atoms with Gasteiger partial charge in [0.1, 0.15) is 17.3 Å². The zero-order chi connectivity index (χ0) is 36.5. The van der Waals surface area contributed by atoms with E-state index in [0.717, 1.165) is 72.6 Å². The number of hydrogen-bond acceptors (Lipinski definition) is 3. The van der Waals surface area contributed by atoms with E-state index >= 15 is 0 Å². The van der Waals surface area contributed by atoms with Gasteiger partial charge < -0.3 is 4.74 Å². The molecule has 0 radical (unpaired) electrons. The van der Waals surface area contributed by atoms with Crippen molar-refractivity contribution in [2.24, 2.45) is 0 Å². The molecule has 52 heavy (non-hydrogen) atoms. The van der Waals surface area contributed by atoms with Crippen LogP contribution in [0.5, 0.6) is 11.5 Å². The molecule has 0 amide bonds. The van der Waals surface area contributed by atoms with E-state index < -0.39 is 0 Å². The van der Waals surface area contributed by atoms with E-state index in [-0.39, 0.29) is 0 Å². The Bertz CT molecular complexity index is 2370. The van der Waals surface area contributed by atoms with Gasteiger partial charge in [-0.2, -0.15) is 5.10 Å². The van der Waals surface area contributed by atoms with Crippen LogP contribution >= 0.6 is 0 Å². The standard InChI is InChI=1S/C47H52N4O/c1-9-11-16-41-47(46-33(7)23-32(6)24-34(46)8)43(17-12-10-2)51(49-41)36-26-35(30(3)4)27-38(28-36)52-37-19-20-40-39-15-13-14-18-42(39)50(44(40)29-37)45-25-31(5)21-22-48-45/h13-15,18-30H,9-12,16-17H2,1-8H3. The van der Waals surface area contributed by atoms with Crippen molar-refractivity contribution in [2.45, 2.75) is 99.8 Å². The molecule has 4 aromatic carbocycles. The van der Waals surface area contributed by atoms with Crippen molar-refractivity contribution in [2.75, 3.05) is 0 Å². The Kier molecular flexibility index (Phi) is 10.1. The minimum absolute atomic E-state index is 0.315. The molecule has 3 aromatic heterocycles. The summed E-state index contributed by atoms with van der Waals surface area (Å²) in [6, 6.07) is 30.5. The molecule has 0 spiro atoms. The first-order chi connectivity index (χ1) is 25.2. The van der Waals surface area contributed by atoms with Crippen LogP contribution in [0, 0.1) is 27.7 Å². The maximum Gasteiger partial charge on any atom is 0.137 e. The minimum Gasteiger partial charge on any atom is -0.457 e. The molecule has 0 aliphatic carbocycles. The summed E-state index contributed by atoms with van der Waals surface area (Å²) in [5, 5.41) is 7.84. The third-order valence-corrected chi connectivity index (χ3v) is 10.4. The van der Waals surface area contributed by atoms with Gasteiger partial charge in [-0.3, -0.25) is 4.57 Å². The highest BCUT2D eigenvalue weighted by Gasteiger charge is 2.24. The lowest BCUT2D eigenvalue weighted by Crippen LogP contribution is -2.05. The highest BCUT2D eigenvalue weighted by atomic mass is 16.5. The largest absolute Gasteiger partial charge is 0.457 e. The Balaban J connectivity index is 1.38. The van der Waals surface area contributed by atoms with Gasteiger partial charge >= 0.3 is 0 Å². The van der Waals surface area contributed by atoms with E-state index in [0.29, 0.717) is 5.92 Å². The van der Waals surface area contributed by atoms with E-state index in [2.05, 4.69) is 144 Å². The van der Waals surface area contributed by atoms with Crippen molar-refractivity contribution >= 4 is 21.8 Å². The number of fused-ring (bicyclic) bond motifs is 3. The Morgan fingerprint density at radius 1 is 0.673 bits per heavy atom. The van der Waals surface area contributed by atoms with Crippen LogP contribution < -0.4 is 4.74 Å². The maximum atomic E-state index is 6.83. The molecular formula is C47H52N4O. The van der Waals surface area contributed by atoms with Crippen LogP contribution in [0.1, 0.15) is 98.5 Å². The SMILES string of the molecule is CCCCc1nn(-c2cc(Oc3ccc4c5ccccc5n(-c5cc(C)ccn5)c4c3)cc(C(C)C)c2)c(CCCC)c1-c1c(C)cc(C)cc1C. The van der Waals surface area contributed by atoms with E-state index in [9.17, 15) is 0 Å². The molecule has 0 fully saturated rings. The van der Waals surface area contributed by atoms with Crippen molar-refractivity contribution in [3.8, 4) is 34.1 Å². The molecule has 0 saturated heterocycles. The van der Waals surface area contributed by atoms with Gasteiger partial charge in [0, 0.05) is 34.7 Å². The Hall–Kier alpha value is -5.16. The van der Waals surface area contributed by atoms with Gasteiger partial charge in [0.2, 0.25) is 0 Å². The van der Waals surface area contributed by atoms with Gasteiger partial charge in [0.25, 0.3) is 0 Å². The van der Waals surface area contributed by atoms with Gasteiger partial charge in [-0.25, -0.2) is 9.67 Å². The molecule has 5 nitrogen and oxygen atoms in total. The van der Waals surface area contributed by atoms with Crippen LogP contribution in [0.4, 0.5) is 0 Å². The first kappa shape index (κ1) is 35.3. The number of hydrogen-bond donors (Lipinski definition) is 0. The lowest BCUT2D eigenvalue weighted by molar-refractivity contribution is 0.481. The van der Waals surface area contributed by atoms with Gasteiger partial charge in [0.15, 0.2) is 0 Å². The molecule has 7 aromatic rings. The van der Waals surface area contributed by atoms with Crippen molar-refractivity contribution in [1.29, 1.82) is 0 Å². The molecule has 0 aliphatic rings. The molecule has 7 rings (SSSR count). The highest BCUT2D eigenvalue weighted by molar-refractivity contribution is 6.09. The number of benzene rings is 4. The quantitative estimate of drug-likeness (QED) is 0.128. The zero-order valence-electron chi connectivity index (χ0n) is 32.2. The fourth-order valence-electron chi connectivity index (χ4n) is 7.83. The third-order valence-electron chi connectivity index (χ3n) is 10.4. The number of aromatic nitrogens is 4. The predicted molar refractivity (Wildman–Crippen MR) is 218 cm³/mol. The van der Waals surface area contributed by atoms with E-state index in [4.69, 9.17) is 14.8 Å². The van der Waals surface area contributed by atoms with Crippen LogP contribution in [0.15, 0.2) is 91.1 Å². The summed E-state index contributed by atoms with van der Waals surface area (Å²) in [5.41, 5.74) is 14.8. The summed E-state index contributed by atoms with van der Waals surface area (Å²) < 4.78 is 11.3. The van der Waals surface area contributed by atoms with Crippen LogP contribution in [0.3, 0.4) is 0 Å². The average Bonchev–Trinajstić information content (AvgIpc) is 3.64. The van der Waals surface area contributed by atoms with E-state index in [1.807, 2.05) is 12.3 Å². The summed E-state index contributed by atoms with van der Waals surface area (Å²) >= 11 is 0. The molecule has 0 N–H and O–H groups in total. The molecule has 266 valence electrons. The number of unbranched alkanes of at least 4 members (excludes halogenated alkanes) is 2. The van der Waals surface area contributed by atoms with Gasteiger partial charge in [0.05, 0.1) is 28.1 Å². The first-order valence-corrected chi connectivity index (χ1v) is 19.1. The Labute approximate surface area is 309 Å². The lowest BCUT2D eigenvalue weighted by atomic mass is 9.90. The van der Waals surface area contributed by atoms with Crippen molar-refractivity contribution in [3.05, 3.63) is 130 Å². The van der Waals surface area contributed by atoms with E-state index in [1.165, 1.54) is 61.1 Å². The molecule has 3 heterocycles. The van der Waals surface area contributed by atoms with Gasteiger partial charge in [-0.05, 0) is 130 Å². The second kappa shape index (κ2) is 14.8. The normalized spacial score (nSPS) is 11.7. The van der Waals surface area contributed by atoms with Crippen LogP contribution in [-0.2, 0) is 12.8 Å². The smallest absolute Gasteiger partial charge is 0.137 e. The van der Waals surface area contributed by atoms with Crippen molar-refractivity contribution in [3.63, 3.8) is 0 Å². The monoisotopic (exact) mass is 688 g/mol. The molecule has 0 aliphatic heterocycles. The number of pyridine rings is 1. The van der Waals surface area contributed by atoms with Crippen molar-refractivity contribution in [1.82, 2.24) is 19.3 Å². The lowest BCUT2D eigenvalue weighted by Gasteiger charge is -2.17. The van der Waals surface area contributed by atoms with Crippen LogP contribution in [0.25, 0.3) is 44.4 Å². The molecule has 0 saturated carbocycles. The minimum atomic E-state index is 0.315. The fourth-order valence-corrected chi connectivity index (χ4v) is 7.83. The average molecular weight is 689 g/mol. The van der Waals surface area contributed by atoms with Gasteiger partial charge in [-0.1, -0.05) is 76.4 Å². The Morgan fingerprint density at radius 2 is 1.40 bits per heavy atom. The summed E-state index contributed by atoms with van der Waals surface area (Å²) in [7, 11) is 0. The number of rotatable bonds is 12. The van der Waals surface area contributed by atoms with Crippen LogP contribution in [0.2, 0.25) is 0 Å². The molecule has 0 unspecified atom stereocenters. The van der Waals surface area contributed by atoms with E-state index in [1.54, 1.807) is 0 Å². The molecule has 0 atom stereocenters. The topological polar surface area (TPSA) is 44.9 Å². The molecular weight excluding hydrogens is 637 g/mol.